The Bertz CT molecular complexity index is 473. The summed E-state index contributed by atoms with van der Waals surface area (Å²) in [5.41, 5.74) is 0.955. The third kappa shape index (κ3) is 2.69. The Morgan fingerprint density at radius 2 is 2.17 bits per heavy atom. The molecule has 1 fully saturated rings. The molecule has 0 radical (unpaired) electrons. The summed E-state index contributed by atoms with van der Waals surface area (Å²) >= 11 is 1.92. The van der Waals surface area contributed by atoms with Gasteiger partial charge in [-0.25, -0.2) is 4.39 Å². The number of carbonyl (C=O) groups is 1. The molecule has 98 valence electrons. The number of nitrogens with zero attached hydrogens (tertiary/aromatic N) is 1. The van der Waals surface area contributed by atoms with Gasteiger partial charge in [0.15, 0.2) is 5.78 Å². The molecule has 4 heteroatoms. The lowest BCUT2D eigenvalue weighted by Crippen LogP contribution is -2.43. The molecule has 0 unspecified atom stereocenters. The number of rotatable bonds is 2. The monoisotopic (exact) mass is 267 g/mol. The van der Waals surface area contributed by atoms with Gasteiger partial charge in [0.1, 0.15) is 5.82 Å². The molecule has 0 aromatic heterocycles. The summed E-state index contributed by atoms with van der Waals surface area (Å²) in [6, 6.07) is 4.86. The third-order valence-corrected chi connectivity index (χ3v) is 4.41. The van der Waals surface area contributed by atoms with Gasteiger partial charge in [-0.15, -0.1) is 0 Å². The Morgan fingerprint density at radius 1 is 1.44 bits per heavy atom. The van der Waals surface area contributed by atoms with E-state index in [1.165, 1.54) is 13.0 Å². The molecule has 18 heavy (non-hydrogen) atoms. The van der Waals surface area contributed by atoms with Crippen LogP contribution in [0.25, 0.3) is 0 Å². The topological polar surface area (TPSA) is 20.3 Å². The van der Waals surface area contributed by atoms with Crippen LogP contribution in [0, 0.1) is 5.82 Å². The number of halogens is 1. The van der Waals surface area contributed by atoms with Crippen molar-refractivity contribution in [1.29, 1.82) is 0 Å². The molecule has 0 aliphatic carbocycles. The molecule has 2 rings (SSSR count). The van der Waals surface area contributed by atoms with Gasteiger partial charge in [-0.1, -0.05) is 6.07 Å². The predicted molar refractivity (Wildman–Crippen MR) is 75.2 cm³/mol. The minimum absolute atomic E-state index is 0.138. The number of hydrogen-bond acceptors (Lipinski definition) is 3. The molecule has 0 N–H and O–H groups in total. The fraction of sp³-hybridized carbons (Fsp3) is 0.500. The standard InChI is InChI=1S/C14H18FNOS/c1-10(17)13-11(15)5-4-6-12(13)16-7-8-18-14(2,3)9-16/h4-6H,7-9H2,1-3H3. The minimum atomic E-state index is -0.420. The number of ketones is 1. The van der Waals surface area contributed by atoms with Crippen LogP contribution in [0.5, 0.6) is 0 Å². The van der Waals surface area contributed by atoms with Gasteiger partial charge in [0.05, 0.1) is 11.3 Å². The van der Waals surface area contributed by atoms with Crippen molar-refractivity contribution in [2.45, 2.75) is 25.5 Å². The van der Waals surface area contributed by atoms with Crippen LogP contribution in [-0.4, -0.2) is 29.4 Å². The second kappa shape index (κ2) is 4.92. The molecule has 0 bridgehead atoms. The molecule has 1 aliphatic heterocycles. The molecule has 0 saturated carbocycles. The Balaban J connectivity index is 2.39. The van der Waals surface area contributed by atoms with E-state index < -0.39 is 5.82 Å². The number of thioether (sulfide) groups is 1. The molecule has 0 amide bonds. The largest absolute Gasteiger partial charge is 0.369 e. The van der Waals surface area contributed by atoms with Gasteiger partial charge in [0.2, 0.25) is 0 Å². The van der Waals surface area contributed by atoms with Crippen LogP contribution >= 0.6 is 11.8 Å². The second-order valence-electron chi connectivity index (χ2n) is 5.22. The lowest BCUT2D eigenvalue weighted by atomic mass is 10.1. The van der Waals surface area contributed by atoms with Crippen LogP contribution in [0.2, 0.25) is 0 Å². The van der Waals surface area contributed by atoms with Gasteiger partial charge in [-0.2, -0.15) is 11.8 Å². The molecule has 1 saturated heterocycles. The van der Waals surface area contributed by atoms with Gasteiger partial charge < -0.3 is 4.90 Å². The molecule has 1 aromatic carbocycles. The first-order valence-corrected chi connectivity index (χ1v) is 7.08. The van der Waals surface area contributed by atoms with E-state index in [0.29, 0.717) is 0 Å². The van der Waals surface area contributed by atoms with E-state index in [4.69, 9.17) is 0 Å². The first-order chi connectivity index (χ1) is 8.41. The average Bonchev–Trinajstić information content (AvgIpc) is 2.26. The van der Waals surface area contributed by atoms with Crippen molar-refractivity contribution in [3.63, 3.8) is 0 Å². The lowest BCUT2D eigenvalue weighted by molar-refractivity contribution is 0.101. The van der Waals surface area contributed by atoms with E-state index in [2.05, 4.69) is 18.7 Å². The highest BCUT2D eigenvalue weighted by atomic mass is 32.2. The highest BCUT2D eigenvalue weighted by molar-refractivity contribution is 8.00. The summed E-state index contributed by atoms with van der Waals surface area (Å²) in [5, 5.41) is 0. The summed E-state index contributed by atoms with van der Waals surface area (Å²) in [7, 11) is 0. The molecule has 1 heterocycles. The van der Waals surface area contributed by atoms with Crippen LogP contribution in [-0.2, 0) is 0 Å². The molecule has 2 nitrogen and oxygen atoms in total. The summed E-state index contributed by atoms with van der Waals surface area (Å²) < 4.78 is 13.9. The second-order valence-corrected chi connectivity index (χ2v) is 7.02. The van der Waals surface area contributed by atoms with Crippen LogP contribution < -0.4 is 4.90 Å². The van der Waals surface area contributed by atoms with Crippen molar-refractivity contribution in [3.8, 4) is 0 Å². The minimum Gasteiger partial charge on any atom is -0.369 e. The van der Waals surface area contributed by atoms with Crippen LogP contribution in [0.3, 0.4) is 0 Å². The SMILES string of the molecule is CC(=O)c1c(F)cccc1N1CCSC(C)(C)C1. The molecule has 1 aromatic rings. The van der Waals surface area contributed by atoms with Crippen molar-refractivity contribution in [2.24, 2.45) is 0 Å². The zero-order valence-corrected chi connectivity index (χ0v) is 11.8. The van der Waals surface area contributed by atoms with E-state index in [1.807, 2.05) is 17.8 Å². The molecular weight excluding hydrogens is 249 g/mol. The maximum absolute atomic E-state index is 13.8. The third-order valence-electron chi connectivity index (χ3n) is 3.11. The van der Waals surface area contributed by atoms with Gasteiger partial charge >= 0.3 is 0 Å². The zero-order valence-electron chi connectivity index (χ0n) is 11.0. The Hall–Kier alpha value is -1.03. The number of hydrogen-bond donors (Lipinski definition) is 0. The highest BCUT2D eigenvalue weighted by Crippen LogP contribution is 2.34. The number of benzene rings is 1. The summed E-state index contributed by atoms with van der Waals surface area (Å²) in [6.45, 7) is 7.47. The van der Waals surface area contributed by atoms with Crippen molar-refractivity contribution < 1.29 is 9.18 Å². The van der Waals surface area contributed by atoms with E-state index in [9.17, 15) is 9.18 Å². The quantitative estimate of drug-likeness (QED) is 0.766. The maximum atomic E-state index is 13.8. The van der Waals surface area contributed by atoms with E-state index in [1.54, 1.807) is 6.07 Å². The number of Topliss-reactive ketones (excluding diaryl/α,β-unsaturated/α-hetero) is 1. The van der Waals surface area contributed by atoms with Gasteiger partial charge in [-0.05, 0) is 32.9 Å². The molecule has 1 aliphatic rings. The van der Waals surface area contributed by atoms with Crippen molar-refractivity contribution in [3.05, 3.63) is 29.6 Å². The van der Waals surface area contributed by atoms with E-state index in [-0.39, 0.29) is 16.1 Å². The van der Waals surface area contributed by atoms with Gasteiger partial charge in [-0.3, -0.25) is 4.79 Å². The van der Waals surface area contributed by atoms with Crippen molar-refractivity contribution >= 4 is 23.2 Å². The van der Waals surface area contributed by atoms with E-state index in [0.717, 1.165) is 24.5 Å². The normalized spacial score (nSPS) is 18.8. The fourth-order valence-electron chi connectivity index (χ4n) is 2.35. The fourth-order valence-corrected chi connectivity index (χ4v) is 3.46. The smallest absolute Gasteiger partial charge is 0.164 e. The summed E-state index contributed by atoms with van der Waals surface area (Å²) in [5.74, 6) is 0.371. The first-order valence-electron chi connectivity index (χ1n) is 6.09. The lowest BCUT2D eigenvalue weighted by Gasteiger charge is -2.39. The zero-order chi connectivity index (χ0) is 13.3. The van der Waals surface area contributed by atoms with Crippen LogP contribution in [0.15, 0.2) is 18.2 Å². The number of anilines is 1. The first kappa shape index (κ1) is 13.4. The Morgan fingerprint density at radius 3 is 2.78 bits per heavy atom. The molecular formula is C14H18FNOS. The predicted octanol–water partition coefficient (Wildman–Crippen LogP) is 3.36. The summed E-state index contributed by atoms with van der Waals surface area (Å²) in [4.78, 5) is 13.7. The average molecular weight is 267 g/mol. The summed E-state index contributed by atoms with van der Waals surface area (Å²) in [6.07, 6.45) is 0. The maximum Gasteiger partial charge on any atom is 0.164 e. The van der Waals surface area contributed by atoms with Crippen molar-refractivity contribution in [1.82, 2.24) is 0 Å². The van der Waals surface area contributed by atoms with E-state index >= 15 is 0 Å². The van der Waals surface area contributed by atoms with Crippen LogP contribution in [0.4, 0.5) is 10.1 Å². The van der Waals surface area contributed by atoms with Gasteiger partial charge in [0.25, 0.3) is 0 Å². The number of carbonyl (C=O) groups excluding carboxylic acids is 1. The Kier molecular flexibility index (Phi) is 3.66. The van der Waals surface area contributed by atoms with Crippen LogP contribution in [0.1, 0.15) is 31.1 Å². The van der Waals surface area contributed by atoms with Crippen molar-refractivity contribution in [2.75, 3.05) is 23.7 Å². The molecule has 0 atom stereocenters. The highest BCUT2D eigenvalue weighted by Gasteiger charge is 2.29. The molecule has 0 spiro atoms. The van der Waals surface area contributed by atoms with Gasteiger partial charge in [0, 0.05) is 23.6 Å². The Labute approximate surface area is 112 Å².